The van der Waals surface area contributed by atoms with Gasteiger partial charge in [-0.3, -0.25) is 4.57 Å². The van der Waals surface area contributed by atoms with Crippen molar-refractivity contribution in [2.75, 3.05) is 0 Å². The number of ether oxygens (including phenoxy) is 1. The number of hydrogen-bond acceptors (Lipinski definition) is 5. The summed E-state index contributed by atoms with van der Waals surface area (Å²) in [5, 5.41) is 7.75. The van der Waals surface area contributed by atoms with Gasteiger partial charge in [0.2, 0.25) is 13.2 Å². The SMILES string of the molecule is C#CC(C(=O)Oc1c(C(C)C)nc(-c2ccccc2)c(C)c1-c1ccc(F)cc1)(C(C)O)[PH](=O)O. The van der Waals surface area contributed by atoms with E-state index in [0.29, 0.717) is 28.1 Å². The van der Waals surface area contributed by atoms with Gasteiger partial charge in [0.25, 0.3) is 0 Å². The molecule has 0 fully saturated rings. The van der Waals surface area contributed by atoms with Gasteiger partial charge in [0, 0.05) is 11.1 Å². The minimum absolute atomic E-state index is 0.0392. The van der Waals surface area contributed by atoms with Gasteiger partial charge in [-0.1, -0.05) is 62.2 Å². The predicted octanol–water partition coefficient (Wildman–Crippen LogP) is 5.11. The van der Waals surface area contributed by atoms with Crippen molar-refractivity contribution >= 4 is 14.0 Å². The Kier molecular flexibility index (Phi) is 7.92. The first-order valence-corrected chi connectivity index (χ1v) is 12.4. The van der Waals surface area contributed by atoms with Gasteiger partial charge in [-0.25, -0.2) is 14.2 Å². The molecule has 0 aliphatic carbocycles. The van der Waals surface area contributed by atoms with Crippen molar-refractivity contribution in [1.82, 2.24) is 4.98 Å². The van der Waals surface area contributed by atoms with Gasteiger partial charge in [-0.15, -0.1) is 6.42 Å². The highest BCUT2D eigenvalue weighted by atomic mass is 31.1. The Labute approximate surface area is 204 Å². The Morgan fingerprint density at radius 2 is 1.71 bits per heavy atom. The maximum absolute atomic E-state index is 13.7. The van der Waals surface area contributed by atoms with Gasteiger partial charge in [-0.05, 0) is 43.0 Å². The number of aliphatic hydroxyl groups excluding tert-OH is 1. The second-order valence-corrected chi connectivity index (χ2v) is 9.92. The van der Waals surface area contributed by atoms with Crippen LogP contribution in [0, 0.1) is 25.1 Å². The fourth-order valence-electron chi connectivity index (χ4n) is 3.86. The molecule has 0 aliphatic rings. The second-order valence-electron chi connectivity index (χ2n) is 8.53. The number of aromatic nitrogens is 1. The van der Waals surface area contributed by atoms with E-state index in [9.17, 15) is 23.7 Å². The predicted molar refractivity (Wildman–Crippen MR) is 134 cm³/mol. The van der Waals surface area contributed by atoms with Gasteiger partial charge >= 0.3 is 5.97 Å². The molecule has 0 radical (unpaired) electrons. The van der Waals surface area contributed by atoms with E-state index in [1.54, 1.807) is 19.1 Å². The Balaban J connectivity index is 2.36. The largest absolute Gasteiger partial charge is 0.422 e. The number of aliphatic hydroxyl groups is 1. The van der Waals surface area contributed by atoms with Crippen LogP contribution in [0.25, 0.3) is 22.4 Å². The Morgan fingerprint density at radius 1 is 1.11 bits per heavy atom. The third-order valence-electron chi connectivity index (χ3n) is 5.86. The number of rotatable bonds is 7. The van der Waals surface area contributed by atoms with Crippen LogP contribution in [-0.2, 0) is 9.36 Å². The highest BCUT2D eigenvalue weighted by Crippen LogP contribution is 2.45. The van der Waals surface area contributed by atoms with Crippen LogP contribution >= 0.6 is 8.03 Å². The maximum atomic E-state index is 13.7. The zero-order chi connectivity index (χ0) is 25.9. The summed E-state index contributed by atoms with van der Waals surface area (Å²) >= 11 is 0. The van der Waals surface area contributed by atoms with Crippen molar-refractivity contribution < 1.29 is 28.5 Å². The quantitative estimate of drug-likeness (QED) is 0.269. The highest BCUT2D eigenvalue weighted by molar-refractivity contribution is 7.42. The lowest BCUT2D eigenvalue weighted by Gasteiger charge is -2.28. The molecule has 35 heavy (non-hydrogen) atoms. The van der Waals surface area contributed by atoms with Gasteiger partial charge in [0.15, 0.2) is 5.75 Å². The van der Waals surface area contributed by atoms with E-state index in [1.807, 2.05) is 50.1 Å². The number of hydrogen-bond donors (Lipinski definition) is 2. The number of halogens is 1. The lowest BCUT2D eigenvalue weighted by atomic mass is 9.92. The zero-order valence-electron chi connectivity index (χ0n) is 19.9. The summed E-state index contributed by atoms with van der Waals surface area (Å²) < 4.78 is 31.6. The van der Waals surface area contributed by atoms with Crippen LogP contribution < -0.4 is 4.74 Å². The average molecular weight is 495 g/mol. The van der Waals surface area contributed by atoms with Crippen LogP contribution in [0.1, 0.15) is 37.9 Å². The number of pyridine rings is 1. The van der Waals surface area contributed by atoms with Gasteiger partial charge in [0.1, 0.15) is 5.82 Å². The summed E-state index contributed by atoms with van der Waals surface area (Å²) in [5.74, 6) is 0.116. The number of carbonyl (C=O) groups excluding carboxylic acids is 1. The van der Waals surface area contributed by atoms with Crippen LogP contribution in [0.5, 0.6) is 5.75 Å². The number of nitrogens with zero attached hydrogens (tertiary/aromatic N) is 1. The smallest absolute Gasteiger partial charge is 0.342 e. The van der Waals surface area contributed by atoms with Crippen LogP contribution in [0.15, 0.2) is 54.6 Å². The third kappa shape index (κ3) is 4.92. The third-order valence-corrected chi connectivity index (χ3v) is 7.30. The van der Waals surface area contributed by atoms with Gasteiger partial charge in [-0.2, -0.15) is 0 Å². The summed E-state index contributed by atoms with van der Waals surface area (Å²) in [6.45, 7) is 6.67. The molecule has 0 saturated heterocycles. The summed E-state index contributed by atoms with van der Waals surface area (Å²) in [6, 6.07) is 15.1. The maximum Gasteiger partial charge on any atom is 0.342 e. The van der Waals surface area contributed by atoms with Crippen molar-refractivity contribution in [3.8, 4) is 40.5 Å². The van der Waals surface area contributed by atoms with E-state index < -0.39 is 31.1 Å². The molecule has 3 rings (SSSR count). The standard InChI is InChI=1S/C27H27FNO5P/c1-6-27(18(5)30,35(32)33)26(31)34-25-22(19-12-14-21(28)15-13-19)17(4)24(29-23(25)16(2)3)20-10-8-7-9-11-20/h1,7-16,18,30,35H,2-5H3,(H,32,33). The number of esters is 1. The molecule has 2 N–H and O–H groups in total. The molecule has 182 valence electrons. The van der Waals surface area contributed by atoms with Crippen molar-refractivity contribution in [1.29, 1.82) is 0 Å². The first-order valence-electron chi connectivity index (χ1n) is 11.0. The number of carbonyl (C=O) groups is 1. The molecule has 8 heteroatoms. The van der Waals surface area contributed by atoms with Gasteiger partial charge in [0.05, 0.1) is 17.5 Å². The molecule has 0 bridgehead atoms. The first kappa shape index (κ1) is 26.3. The average Bonchev–Trinajstić information content (AvgIpc) is 2.81. The van der Waals surface area contributed by atoms with Crippen LogP contribution in [-0.4, -0.2) is 32.2 Å². The Bertz CT molecular complexity index is 1300. The lowest BCUT2D eigenvalue weighted by Crippen LogP contribution is -2.46. The first-order chi connectivity index (χ1) is 16.5. The Hall–Kier alpha value is -3.30. The summed E-state index contributed by atoms with van der Waals surface area (Å²) in [5.41, 5.74) is 3.53. The molecule has 2 aromatic carbocycles. The normalized spacial score (nSPS) is 14.6. The van der Waals surface area contributed by atoms with Crippen molar-refractivity contribution in [3.05, 3.63) is 71.7 Å². The van der Waals surface area contributed by atoms with Crippen molar-refractivity contribution in [2.45, 2.75) is 44.9 Å². The molecule has 6 nitrogen and oxygen atoms in total. The summed E-state index contributed by atoms with van der Waals surface area (Å²) in [7, 11) is -3.76. The molecule has 1 heterocycles. The Morgan fingerprint density at radius 3 is 2.20 bits per heavy atom. The topological polar surface area (TPSA) is 96.7 Å². The zero-order valence-corrected chi connectivity index (χ0v) is 20.9. The lowest BCUT2D eigenvalue weighted by molar-refractivity contribution is -0.138. The highest BCUT2D eigenvalue weighted by Gasteiger charge is 2.49. The van der Waals surface area contributed by atoms with E-state index in [-0.39, 0.29) is 11.7 Å². The molecule has 3 unspecified atom stereocenters. The van der Waals surface area contributed by atoms with E-state index in [1.165, 1.54) is 12.1 Å². The van der Waals surface area contributed by atoms with Crippen molar-refractivity contribution in [3.63, 3.8) is 0 Å². The molecule has 0 spiro atoms. The van der Waals surface area contributed by atoms with Crippen LogP contribution in [0.3, 0.4) is 0 Å². The summed E-state index contributed by atoms with van der Waals surface area (Å²) in [4.78, 5) is 28.0. The molecule has 1 aromatic heterocycles. The van der Waals surface area contributed by atoms with E-state index in [2.05, 4.69) is 0 Å². The molecule has 0 amide bonds. The number of benzene rings is 2. The molecule has 3 aromatic rings. The van der Waals surface area contributed by atoms with E-state index in [0.717, 1.165) is 12.5 Å². The monoisotopic (exact) mass is 495 g/mol. The number of terminal acetylenes is 1. The minimum atomic E-state index is -3.76. The van der Waals surface area contributed by atoms with Crippen LogP contribution in [0.4, 0.5) is 4.39 Å². The summed E-state index contributed by atoms with van der Waals surface area (Å²) in [6.07, 6.45) is 3.81. The second kappa shape index (κ2) is 10.5. The molecular formula is C27H27FNO5P. The van der Waals surface area contributed by atoms with Crippen LogP contribution in [0.2, 0.25) is 0 Å². The van der Waals surface area contributed by atoms with Gasteiger partial charge < -0.3 is 14.7 Å². The molecule has 3 atom stereocenters. The molecule has 0 saturated carbocycles. The molecule has 0 aliphatic heterocycles. The van der Waals surface area contributed by atoms with Crippen molar-refractivity contribution in [2.24, 2.45) is 0 Å². The van der Waals surface area contributed by atoms with E-state index in [4.69, 9.17) is 16.1 Å². The minimum Gasteiger partial charge on any atom is -0.422 e. The van der Waals surface area contributed by atoms with E-state index >= 15 is 0 Å². The fraction of sp³-hybridized carbons (Fsp3) is 0.259. The fourth-order valence-corrected chi connectivity index (χ4v) is 4.57. The molecular weight excluding hydrogens is 468 g/mol.